The van der Waals surface area contributed by atoms with E-state index < -0.39 is 18.5 Å². The predicted molar refractivity (Wildman–Crippen MR) is 99.9 cm³/mol. The first-order chi connectivity index (χ1) is 12.8. The largest absolute Gasteiger partial charge is 0.450 e. The first-order valence-corrected chi connectivity index (χ1v) is 8.29. The number of fused-ring (bicyclic) bond motifs is 1. The molecule has 9 nitrogen and oxygen atoms in total. The Bertz CT molecular complexity index is 994. The van der Waals surface area contributed by atoms with E-state index in [0.717, 1.165) is 17.1 Å². The second-order valence-electron chi connectivity index (χ2n) is 6.25. The van der Waals surface area contributed by atoms with Gasteiger partial charge in [-0.15, -0.1) is 5.10 Å². The number of aryl methyl sites for hydroxylation is 2. The van der Waals surface area contributed by atoms with Crippen LogP contribution in [0.1, 0.15) is 22.0 Å². The van der Waals surface area contributed by atoms with E-state index in [9.17, 15) is 9.59 Å². The van der Waals surface area contributed by atoms with Crippen LogP contribution in [0.25, 0.3) is 5.78 Å². The Labute approximate surface area is 156 Å². The minimum atomic E-state index is -0.782. The third-order valence-corrected chi connectivity index (χ3v) is 3.80. The Balaban J connectivity index is 1.60. The Morgan fingerprint density at radius 3 is 2.52 bits per heavy atom. The van der Waals surface area contributed by atoms with Crippen LogP contribution >= 0.6 is 0 Å². The summed E-state index contributed by atoms with van der Waals surface area (Å²) in [5.41, 5.74) is 3.19. The van der Waals surface area contributed by atoms with Gasteiger partial charge in [0.05, 0.1) is 0 Å². The van der Waals surface area contributed by atoms with Crippen molar-refractivity contribution in [3.05, 3.63) is 47.5 Å². The highest BCUT2D eigenvalue weighted by Crippen LogP contribution is 2.15. The fourth-order valence-corrected chi connectivity index (χ4v) is 2.49. The van der Waals surface area contributed by atoms with E-state index in [1.165, 1.54) is 4.52 Å². The molecule has 1 amide bonds. The molecule has 3 rings (SSSR count). The molecule has 140 valence electrons. The van der Waals surface area contributed by atoms with E-state index in [1.807, 2.05) is 51.0 Å². The number of hydrogen-bond acceptors (Lipinski definition) is 7. The third kappa shape index (κ3) is 4.20. The smallest absolute Gasteiger partial charge is 0.378 e. The molecule has 0 atom stereocenters. The number of benzene rings is 1. The fraction of sp³-hybridized carbons (Fsp3) is 0.278. The van der Waals surface area contributed by atoms with Gasteiger partial charge in [-0.25, -0.2) is 14.3 Å². The molecule has 9 heteroatoms. The lowest BCUT2D eigenvalue weighted by molar-refractivity contribution is -0.119. The zero-order valence-electron chi connectivity index (χ0n) is 15.6. The molecule has 0 aliphatic rings. The number of nitrogens with one attached hydrogen (secondary N) is 1. The highest BCUT2D eigenvalue weighted by molar-refractivity contribution is 5.94. The lowest BCUT2D eigenvalue weighted by Gasteiger charge is -2.13. The Morgan fingerprint density at radius 1 is 1.15 bits per heavy atom. The summed E-state index contributed by atoms with van der Waals surface area (Å²) >= 11 is 0. The summed E-state index contributed by atoms with van der Waals surface area (Å²) in [6, 6.07) is 9.12. The lowest BCUT2D eigenvalue weighted by Crippen LogP contribution is -2.21. The Kier molecular flexibility index (Phi) is 5.02. The summed E-state index contributed by atoms with van der Waals surface area (Å²) in [5, 5.41) is 6.74. The number of carbonyl (C=O) groups excluding carboxylic acids is 2. The minimum Gasteiger partial charge on any atom is -0.450 e. The predicted octanol–water partition coefficient (Wildman–Crippen LogP) is 1.60. The average molecular weight is 368 g/mol. The third-order valence-electron chi connectivity index (χ3n) is 3.80. The molecule has 0 unspecified atom stereocenters. The number of amides is 1. The van der Waals surface area contributed by atoms with Gasteiger partial charge >= 0.3 is 5.97 Å². The van der Waals surface area contributed by atoms with Gasteiger partial charge in [-0.2, -0.15) is 4.98 Å². The van der Waals surface area contributed by atoms with Crippen molar-refractivity contribution in [2.45, 2.75) is 13.8 Å². The minimum absolute atomic E-state index is 0.140. The van der Waals surface area contributed by atoms with Crippen LogP contribution in [0.2, 0.25) is 0 Å². The van der Waals surface area contributed by atoms with Gasteiger partial charge in [0.2, 0.25) is 0 Å². The van der Waals surface area contributed by atoms with Crippen molar-refractivity contribution in [3.8, 4) is 0 Å². The van der Waals surface area contributed by atoms with Crippen molar-refractivity contribution in [1.82, 2.24) is 19.6 Å². The second kappa shape index (κ2) is 7.40. The average Bonchev–Trinajstić information content (AvgIpc) is 3.04. The maximum atomic E-state index is 12.1. The van der Waals surface area contributed by atoms with Crippen molar-refractivity contribution < 1.29 is 14.3 Å². The van der Waals surface area contributed by atoms with E-state index in [2.05, 4.69) is 20.4 Å². The van der Waals surface area contributed by atoms with E-state index in [-0.39, 0.29) is 5.82 Å². The number of hydrogen-bond donors (Lipinski definition) is 1. The van der Waals surface area contributed by atoms with Crippen LogP contribution in [-0.2, 0) is 9.53 Å². The van der Waals surface area contributed by atoms with Gasteiger partial charge in [0.25, 0.3) is 17.5 Å². The normalized spacial score (nSPS) is 10.7. The van der Waals surface area contributed by atoms with Gasteiger partial charge < -0.3 is 15.0 Å². The van der Waals surface area contributed by atoms with Crippen molar-refractivity contribution in [2.24, 2.45) is 0 Å². The highest BCUT2D eigenvalue weighted by Gasteiger charge is 2.17. The van der Waals surface area contributed by atoms with Crippen LogP contribution in [0.4, 0.5) is 11.4 Å². The molecule has 3 aromatic rings. The Morgan fingerprint density at radius 2 is 1.85 bits per heavy atom. The quantitative estimate of drug-likeness (QED) is 0.683. The Hall–Kier alpha value is -3.49. The van der Waals surface area contributed by atoms with E-state index in [0.29, 0.717) is 11.5 Å². The van der Waals surface area contributed by atoms with Gasteiger partial charge in [0, 0.05) is 36.9 Å². The van der Waals surface area contributed by atoms with Crippen LogP contribution in [0.5, 0.6) is 0 Å². The van der Waals surface area contributed by atoms with Gasteiger partial charge in [0.1, 0.15) is 0 Å². The summed E-state index contributed by atoms with van der Waals surface area (Å²) in [5.74, 6) is -1.06. The molecule has 2 aromatic heterocycles. The topological polar surface area (TPSA) is 102 Å². The molecule has 0 saturated carbocycles. The summed E-state index contributed by atoms with van der Waals surface area (Å²) < 4.78 is 6.45. The molecule has 2 heterocycles. The molecule has 0 fully saturated rings. The van der Waals surface area contributed by atoms with Gasteiger partial charge in [0.15, 0.2) is 6.61 Å². The zero-order valence-corrected chi connectivity index (χ0v) is 15.6. The molecule has 0 aliphatic carbocycles. The molecule has 1 N–H and O–H groups in total. The maximum Gasteiger partial charge on any atom is 0.378 e. The van der Waals surface area contributed by atoms with Gasteiger partial charge in [-0.1, -0.05) is 0 Å². The fourth-order valence-electron chi connectivity index (χ4n) is 2.49. The molecule has 0 bridgehead atoms. The number of esters is 1. The van der Waals surface area contributed by atoms with Gasteiger partial charge in [-0.05, 0) is 44.2 Å². The number of carbonyl (C=O) groups is 2. The number of nitrogens with zero attached hydrogens (tertiary/aromatic N) is 5. The van der Waals surface area contributed by atoms with Crippen LogP contribution in [0.15, 0.2) is 30.3 Å². The van der Waals surface area contributed by atoms with Crippen molar-refractivity contribution >= 4 is 29.0 Å². The summed E-state index contributed by atoms with van der Waals surface area (Å²) in [6.07, 6.45) is 0. The molecule has 27 heavy (non-hydrogen) atoms. The van der Waals surface area contributed by atoms with Crippen LogP contribution in [0.3, 0.4) is 0 Å². The molecular formula is C18H20N6O3. The number of ether oxygens (including phenoxy) is 1. The SMILES string of the molecule is Cc1cc(C)n2nc(C(=O)OCC(=O)Nc3ccc(N(C)C)cc3)nc2n1. The van der Waals surface area contributed by atoms with E-state index in [4.69, 9.17) is 4.74 Å². The molecule has 0 aliphatic heterocycles. The number of aromatic nitrogens is 4. The molecule has 0 spiro atoms. The number of anilines is 2. The molecule has 0 saturated heterocycles. The summed E-state index contributed by atoms with van der Waals surface area (Å²) in [4.78, 5) is 34.3. The first kappa shape index (κ1) is 18.3. The van der Waals surface area contributed by atoms with Crippen LogP contribution in [-0.4, -0.2) is 52.2 Å². The molecular weight excluding hydrogens is 348 g/mol. The van der Waals surface area contributed by atoms with Crippen molar-refractivity contribution in [2.75, 3.05) is 30.9 Å². The zero-order chi connectivity index (χ0) is 19.6. The number of rotatable bonds is 5. The summed E-state index contributed by atoms with van der Waals surface area (Å²) in [6.45, 7) is 3.23. The lowest BCUT2D eigenvalue weighted by atomic mass is 10.2. The molecule has 1 aromatic carbocycles. The van der Waals surface area contributed by atoms with Gasteiger partial charge in [-0.3, -0.25) is 4.79 Å². The van der Waals surface area contributed by atoms with Crippen molar-refractivity contribution in [1.29, 1.82) is 0 Å². The van der Waals surface area contributed by atoms with E-state index >= 15 is 0 Å². The van der Waals surface area contributed by atoms with Crippen molar-refractivity contribution in [3.63, 3.8) is 0 Å². The van der Waals surface area contributed by atoms with E-state index in [1.54, 1.807) is 12.1 Å². The standard InChI is InChI=1S/C18H20N6O3/c1-11-9-12(2)24-18(19-11)21-16(22-24)17(26)27-10-15(25)20-13-5-7-14(8-6-13)23(3)4/h5-9H,10H2,1-4H3,(H,20,25). The summed E-state index contributed by atoms with van der Waals surface area (Å²) in [7, 11) is 3.86. The van der Waals surface area contributed by atoms with Crippen LogP contribution < -0.4 is 10.2 Å². The first-order valence-electron chi connectivity index (χ1n) is 8.29. The van der Waals surface area contributed by atoms with Crippen LogP contribution in [0, 0.1) is 13.8 Å². The monoisotopic (exact) mass is 368 g/mol. The molecule has 0 radical (unpaired) electrons. The maximum absolute atomic E-state index is 12.1. The highest BCUT2D eigenvalue weighted by atomic mass is 16.5. The second-order valence-corrected chi connectivity index (χ2v) is 6.25.